The lowest BCUT2D eigenvalue weighted by Gasteiger charge is -2.35. The molecule has 0 aliphatic carbocycles. The standard InChI is InChI=1S/C20H26N2O2/c1-14-12-22(13-15(2)24-14)19(23)17(11-21)10-16-6-8-18(9-7-16)20(3,4)5/h6-10,14-15H,12-13H2,1-5H3/b17-10+/t14-,15-/m1/s1. The van der Waals surface area contributed by atoms with Gasteiger partial charge in [-0.25, -0.2) is 0 Å². The first kappa shape index (κ1) is 18.2. The van der Waals surface area contributed by atoms with E-state index in [2.05, 4.69) is 26.8 Å². The number of benzene rings is 1. The van der Waals surface area contributed by atoms with Crippen molar-refractivity contribution in [2.24, 2.45) is 0 Å². The molecule has 1 saturated heterocycles. The van der Waals surface area contributed by atoms with Crippen LogP contribution >= 0.6 is 0 Å². The summed E-state index contributed by atoms with van der Waals surface area (Å²) in [7, 11) is 0. The Morgan fingerprint density at radius 3 is 2.21 bits per heavy atom. The Balaban J connectivity index is 2.20. The highest BCUT2D eigenvalue weighted by atomic mass is 16.5. The van der Waals surface area contributed by atoms with E-state index in [1.807, 2.05) is 38.1 Å². The second-order valence-electron chi connectivity index (χ2n) is 7.51. The number of morpholine rings is 1. The summed E-state index contributed by atoms with van der Waals surface area (Å²) in [6.07, 6.45) is 1.65. The number of carbonyl (C=O) groups is 1. The van der Waals surface area contributed by atoms with Crippen molar-refractivity contribution in [3.63, 3.8) is 0 Å². The number of rotatable bonds is 2. The molecule has 1 aliphatic rings. The van der Waals surface area contributed by atoms with Crippen molar-refractivity contribution in [1.29, 1.82) is 5.26 Å². The van der Waals surface area contributed by atoms with Gasteiger partial charge in [-0.05, 0) is 36.5 Å². The number of carbonyl (C=O) groups excluding carboxylic acids is 1. The predicted octanol–water partition coefficient (Wildman–Crippen LogP) is 3.53. The molecule has 0 bridgehead atoms. The van der Waals surface area contributed by atoms with Gasteiger partial charge in [-0.3, -0.25) is 4.79 Å². The Morgan fingerprint density at radius 1 is 1.21 bits per heavy atom. The zero-order valence-electron chi connectivity index (χ0n) is 15.2. The van der Waals surface area contributed by atoms with Crippen molar-refractivity contribution < 1.29 is 9.53 Å². The summed E-state index contributed by atoms with van der Waals surface area (Å²) in [6, 6.07) is 10.1. The topological polar surface area (TPSA) is 53.3 Å². The maximum absolute atomic E-state index is 12.6. The van der Waals surface area contributed by atoms with Crippen molar-refractivity contribution in [2.75, 3.05) is 13.1 Å². The Bertz CT molecular complexity index is 652. The highest BCUT2D eigenvalue weighted by molar-refractivity contribution is 6.01. The molecule has 1 heterocycles. The lowest BCUT2D eigenvalue weighted by atomic mass is 9.86. The van der Waals surface area contributed by atoms with E-state index in [0.717, 1.165) is 5.56 Å². The third kappa shape index (κ3) is 4.46. The summed E-state index contributed by atoms with van der Waals surface area (Å²) in [5, 5.41) is 9.41. The van der Waals surface area contributed by atoms with Gasteiger partial charge in [0.1, 0.15) is 11.6 Å². The summed E-state index contributed by atoms with van der Waals surface area (Å²) in [5.41, 5.74) is 2.33. The van der Waals surface area contributed by atoms with E-state index in [0.29, 0.717) is 13.1 Å². The van der Waals surface area contributed by atoms with Crippen molar-refractivity contribution in [2.45, 2.75) is 52.2 Å². The maximum Gasteiger partial charge on any atom is 0.264 e. The molecule has 0 saturated carbocycles. The van der Waals surface area contributed by atoms with Crippen LogP contribution in [0.25, 0.3) is 6.08 Å². The Morgan fingerprint density at radius 2 is 1.75 bits per heavy atom. The minimum Gasteiger partial charge on any atom is -0.372 e. The van der Waals surface area contributed by atoms with Crippen molar-refractivity contribution in [3.8, 4) is 6.07 Å². The average molecular weight is 326 g/mol. The summed E-state index contributed by atoms with van der Waals surface area (Å²) in [4.78, 5) is 14.3. The molecular formula is C20H26N2O2. The van der Waals surface area contributed by atoms with Gasteiger partial charge in [0.2, 0.25) is 0 Å². The van der Waals surface area contributed by atoms with Gasteiger partial charge in [0, 0.05) is 13.1 Å². The number of hydrogen-bond acceptors (Lipinski definition) is 3. The van der Waals surface area contributed by atoms with E-state index in [-0.39, 0.29) is 29.1 Å². The fourth-order valence-electron chi connectivity index (χ4n) is 2.90. The summed E-state index contributed by atoms with van der Waals surface area (Å²) < 4.78 is 5.65. The first-order valence-corrected chi connectivity index (χ1v) is 8.38. The first-order valence-electron chi connectivity index (χ1n) is 8.38. The van der Waals surface area contributed by atoms with Gasteiger partial charge in [-0.15, -0.1) is 0 Å². The zero-order chi connectivity index (χ0) is 17.9. The molecule has 24 heavy (non-hydrogen) atoms. The molecule has 0 aromatic heterocycles. The zero-order valence-corrected chi connectivity index (χ0v) is 15.2. The summed E-state index contributed by atoms with van der Waals surface area (Å²) in [5.74, 6) is -0.223. The monoisotopic (exact) mass is 326 g/mol. The number of amides is 1. The normalized spacial score (nSPS) is 22.2. The van der Waals surface area contributed by atoms with Crippen LogP contribution in [-0.4, -0.2) is 36.1 Å². The third-order valence-electron chi connectivity index (χ3n) is 4.15. The second-order valence-corrected chi connectivity index (χ2v) is 7.51. The lowest BCUT2D eigenvalue weighted by molar-refractivity contribution is -0.138. The third-order valence-corrected chi connectivity index (χ3v) is 4.15. The Kier molecular flexibility index (Phi) is 5.46. The quantitative estimate of drug-likeness (QED) is 0.617. The molecule has 1 aromatic rings. The highest BCUT2D eigenvalue weighted by Gasteiger charge is 2.27. The molecule has 0 N–H and O–H groups in total. The molecule has 0 spiro atoms. The SMILES string of the molecule is C[C@@H]1CN(C(=O)/C(C#N)=C/c2ccc(C(C)(C)C)cc2)C[C@@H](C)O1. The molecular weight excluding hydrogens is 300 g/mol. The molecule has 2 rings (SSSR count). The van der Waals surface area contributed by atoms with E-state index < -0.39 is 0 Å². The maximum atomic E-state index is 12.6. The van der Waals surface area contributed by atoms with Crippen LogP contribution in [0, 0.1) is 11.3 Å². The Hall–Kier alpha value is -2.12. The first-order chi connectivity index (χ1) is 11.2. The van der Waals surface area contributed by atoms with E-state index >= 15 is 0 Å². The fourth-order valence-corrected chi connectivity index (χ4v) is 2.90. The highest BCUT2D eigenvalue weighted by Crippen LogP contribution is 2.23. The van der Waals surface area contributed by atoms with Crippen LogP contribution in [0.15, 0.2) is 29.8 Å². The van der Waals surface area contributed by atoms with Gasteiger partial charge >= 0.3 is 0 Å². The second kappa shape index (κ2) is 7.19. The predicted molar refractivity (Wildman–Crippen MR) is 95.3 cm³/mol. The molecule has 0 radical (unpaired) electrons. The molecule has 128 valence electrons. The molecule has 2 atom stereocenters. The number of ether oxygens (including phenoxy) is 1. The lowest BCUT2D eigenvalue weighted by Crippen LogP contribution is -2.48. The van der Waals surface area contributed by atoms with Crippen LogP contribution in [0.1, 0.15) is 45.7 Å². The van der Waals surface area contributed by atoms with Crippen LogP contribution < -0.4 is 0 Å². The molecule has 1 aliphatic heterocycles. The molecule has 0 unspecified atom stereocenters. The van der Waals surface area contributed by atoms with Gasteiger partial charge in [0.15, 0.2) is 0 Å². The van der Waals surface area contributed by atoms with E-state index in [4.69, 9.17) is 4.74 Å². The van der Waals surface area contributed by atoms with E-state index in [1.165, 1.54) is 5.56 Å². The molecule has 4 heteroatoms. The number of nitriles is 1. The van der Waals surface area contributed by atoms with Crippen LogP contribution in [0.2, 0.25) is 0 Å². The van der Waals surface area contributed by atoms with E-state index in [1.54, 1.807) is 11.0 Å². The largest absolute Gasteiger partial charge is 0.372 e. The average Bonchev–Trinajstić information content (AvgIpc) is 2.50. The molecule has 1 amide bonds. The van der Waals surface area contributed by atoms with Crippen LogP contribution in [0.3, 0.4) is 0 Å². The van der Waals surface area contributed by atoms with Gasteiger partial charge in [0.05, 0.1) is 12.2 Å². The van der Waals surface area contributed by atoms with Gasteiger partial charge in [-0.2, -0.15) is 5.26 Å². The van der Waals surface area contributed by atoms with Gasteiger partial charge in [-0.1, -0.05) is 45.0 Å². The molecule has 1 fully saturated rings. The number of nitrogens with zero attached hydrogens (tertiary/aromatic N) is 2. The van der Waals surface area contributed by atoms with Crippen molar-refractivity contribution in [3.05, 3.63) is 41.0 Å². The smallest absolute Gasteiger partial charge is 0.264 e. The molecule has 1 aromatic carbocycles. The fraction of sp³-hybridized carbons (Fsp3) is 0.500. The van der Waals surface area contributed by atoms with Gasteiger partial charge in [0.25, 0.3) is 5.91 Å². The summed E-state index contributed by atoms with van der Waals surface area (Å²) in [6.45, 7) is 11.4. The van der Waals surface area contributed by atoms with Crippen LogP contribution in [-0.2, 0) is 14.9 Å². The number of hydrogen-bond donors (Lipinski definition) is 0. The van der Waals surface area contributed by atoms with Crippen molar-refractivity contribution >= 4 is 12.0 Å². The van der Waals surface area contributed by atoms with Crippen LogP contribution in [0.5, 0.6) is 0 Å². The molecule has 4 nitrogen and oxygen atoms in total. The van der Waals surface area contributed by atoms with Crippen LogP contribution in [0.4, 0.5) is 0 Å². The minimum absolute atomic E-state index is 0.0105. The minimum atomic E-state index is -0.223. The van der Waals surface area contributed by atoms with Gasteiger partial charge < -0.3 is 9.64 Å². The summed E-state index contributed by atoms with van der Waals surface area (Å²) >= 11 is 0. The Labute approximate surface area is 144 Å². The van der Waals surface area contributed by atoms with Crippen molar-refractivity contribution in [1.82, 2.24) is 4.90 Å². The van der Waals surface area contributed by atoms with E-state index in [9.17, 15) is 10.1 Å².